The maximum atomic E-state index is 13.4. The molecule has 0 bridgehead atoms. The molecule has 1 aromatic carbocycles. The molecule has 9 heteroatoms. The fourth-order valence-corrected chi connectivity index (χ4v) is 2.97. The molecule has 1 saturated heterocycles. The molecule has 3 rings (SSSR count). The van der Waals surface area contributed by atoms with E-state index in [0.717, 1.165) is 13.1 Å². The van der Waals surface area contributed by atoms with Gasteiger partial charge in [-0.25, -0.2) is 14.4 Å². The van der Waals surface area contributed by atoms with Crippen LogP contribution < -0.4 is 10.6 Å². The largest absolute Gasteiger partial charge is 0.386 e. The second-order valence-corrected chi connectivity index (χ2v) is 6.38. The van der Waals surface area contributed by atoms with E-state index in [1.165, 1.54) is 18.2 Å². The molecule has 7 nitrogen and oxygen atoms in total. The van der Waals surface area contributed by atoms with E-state index in [-0.39, 0.29) is 11.6 Å². The Bertz CT molecular complexity index is 747. The molecule has 0 saturated carbocycles. The van der Waals surface area contributed by atoms with Crippen molar-refractivity contribution in [3.8, 4) is 0 Å². The standard InChI is InChI=1S/C17H20ClFN6O/c18-13-8-12(9-14(19)10-13)15(26)11-23-16(20)24-4-6-25(7-5-24)17-21-2-1-3-22-17/h1-3,8-10,15,26H,4-7,11H2,(H2,20,23). The van der Waals surface area contributed by atoms with E-state index in [1.807, 2.05) is 4.90 Å². The van der Waals surface area contributed by atoms with Crippen LogP contribution in [0.2, 0.25) is 5.02 Å². The highest BCUT2D eigenvalue weighted by molar-refractivity contribution is 6.30. The third-order valence-electron chi connectivity index (χ3n) is 4.13. The van der Waals surface area contributed by atoms with E-state index in [4.69, 9.17) is 17.3 Å². The summed E-state index contributed by atoms with van der Waals surface area (Å²) >= 11 is 5.81. The van der Waals surface area contributed by atoms with Crippen LogP contribution in [0.5, 0.6) is 0 Å². The zero-order valence-electron chi connectivity index (χ0n) is 14.1. The summed E-state index contributed by atoms with van der Waals surface area (Å²) in [6, 6.07) is 5.72. The van der Waals surface area contributed by atoms with Gasteiger partial charge in [0.25, 0.3) is 0 Å². The average molecular weight is 379 g/mol. The number of halogens is 2. The van der Waals surface area contributed by atoms with Gasteiger partial charge in [0.1, 0.15) is 5.82 Å². The number of anilines is 1. The Kier molecular flexibility index (Phi) is 5.85. The Morgan fingerprint density at radius 2 is 1.92 bits per heavy atom. The van der Waals surface area contributed by atoms with Gasteiger partial charge >= 0.3 is 0 Å². The number of nitrogens with zero attached hydrogens (tertiary/aromatic N) is 5. The molecule has 0 aliphatic carbocycles. The van der Waals surface area contributed by atoms with E-state index in [9.17, 15) is 9.50 Å². The lowest BCUT2D eigenvalue weighted by Crippen LogP contribution is -2.51. The molecule has 0 amide bonds. The molecule has 3 N–H and O–H groups in total. The molecule has 2 heterocycles. The van der Waals surface area contributed by atoms with Crippen LogP contribution >= 0.6 is 11.6 Å². The molecule has 2 aromatic rings. The number of benzene rings is 1. The first-order valence-electron chi connectivity index (χ1n) is 8.24. The molecule has 0 radical (unpaired) electrons. The third kappa shape index (κ3) is 4.59. The van der Waals surface area contributed by atoms with Gasteiger partial charge in [-0.2, -0.15) is 0 Å². The number of piperazine rings is 1. The van der Waals surface area contributed by atoms with Crippen molar-refractivity contribution < 1.29 is 9.50 Å². The van der Waals surface area contributed by atoms with Crippen molar-refractivity contribution in [1.82, 2.24) is 14.9 Å². The van der Waals surface area contributed by atoms with Crippen LogP contribution in [0.1, 0.15) is 11.7 Å². The van der Waals surface area contributed by atoms with E-state index >= 15 is 0 Å². The fraction of sp³-hybridized carbons (Fsp3) is 0.353. The first-order valence-corrected chi connectivity index (χ1v) is 8.61. The van der Waals surface area contributed by atoms with Gasteiger partial charge in [0.15, 0.2) is 5.96 Å². The van der Waals surface area contributed by atoms with Crippen molar-refractivity contribution in [2.45, 2.75) is 6.10 Å². The van der Waals surface area contributed by atoms with E-state index in [2.05, 4.69) is 19.9 Å². The maximum Gasteiger partial charge on any atom is 0.225 e. The first-order chi connectivity index (χ1) is 12.5. The quantitative estimate of drug-likeness (QED) is 0.618. The van der Waals surface area contributed by atoms with Gasteiger partial charge in [0, 0.05) is 43.6 Å². The summed E-state index contributed by atoms with van der Waals surface area (Å²) in [5.74, 6) is 0.545. The highest BCUT2D eigenvalue weighted by Gasteiger charge is 2.20. The number of hydrogen-bond donors (Lipinski definition) is 2. The Balaban J connectivity index is 1.55. The van der Waals surface area contributed by atoms with E-state index in [1.54, 1.807) is 18.5 Å². The topological polar surface area (TPSA) is 90.9 Å². The number of aliphatic hydroxyl groups excluding tert-OH is 1. The van der Waals surface area contributed by atoms with Gasteiger partial charge in [-0.15, -0.1) is 0 Å². The van der Waals surface area contributed by atoms with Gasteiger partial charge in [-0.1, -0.05) is 11.6 Å². The van der Waals surface area contributed by atoms with Crippen LogP contribution in [-0.4, -0.2) is 58.7 Å². The van der Waals surface area contributed by atoms with Crippen LogP contribution in [0.15, 0.2) is 41.7 Å². The van der Waals surface area contributed by atoms with E-state index in [0.29, 0.717) is 30.6 Å². The number of nitrogens with two attached hydrogens (primary N) is 1. The van der Waals surface area contributed by atoms with Crippen molar-refractivity contribution in [1.29, 1.82) is 0 Å². The minimum absolute atomic E-state index is 0.0353. The van der Waals surface area contributed by atoms with Crippen molar-refractivity contribution in [2.75, 3.05) is 37.6 Å². The molecule has 1 aliphatic heterocycles. The van der Waals surface area contributed by atoms with Crippen LogP contribution in [0.25, 0.3) is 0 Å². The number of hydrogen-bond acceptors (Lipinski definition) is 5. The molecule has 1 aliphatic rings. The second kappa shape index (κ2) is 8.29. The average Bonchev–Trinajstić information content (AvgIpc) is 2.66. The molecular weight excluding hydrogens is 359 g/mol. The predicted molar refractivity (Wildman–Crippen MR) is 98.7 cm³/mol. The first kappa shape index (κ1) is 18.3. The summed E-state index contributed by atoms with van der Waals surface area (Å²) in [4.78, 5) is 16.7. The predicted octanol–water partition coefficient (Wildman–Crippen LogP) is 1.44. The lowest BCUT2D eigenvalue weighted by molar-refractivity contribution is 0.186. The lowest BCUT2D eigenvalue weighted by atomic mass is 10.1. The number of aliphatic hydroxyl groups is 1. The second-order valence-electron chi connectivity index (χ2n) is 5.94. The normalized spacial score (nSPS) is 16.7. The summed E-state index contributed by atoms with van der Waals surface area (Å²) in [6.45, 7) is 2.84. The monoisotopic (exact) mass is 378 g/mol. The van der Waals surface area contributed by atoms with Gasteiger partial charge in [0.2, 0.25) is 5.95 Å². The molecule has 1 atom stereocenters. The van der Waals surface area contributed by atoms with Gasteiger partial charge in [0.05, 0.1) is 12.6 Å². The third-order valence-corrected chi connectivity index (χ3v) is 4.35. The van der Waals surface area contributed by atoms with Crippen molar-refractivity contribution in [3.63, 3.8) is 0 Å². The highest BCUT2D eigenvalue weighted by Crippen LogP contribution is 2.20. The molecule has 0 spiro atoms. The number of guanidine groups is 1. The molecule has 1 fully saturated rings. The summed E-state index contributed by atoms with van der Waals surface area (Å²) in [5, 5.41) is 10.4. The molecular formula is C17H20ClFN6O. The Labute approximate surface area is 155 Å². The summed E-state index contributed by atoms with van der Waals surface area (Å²) in [5.41, 5.74) is 6.41. The minimum Gasteiger partial charge on any atom is -0.386 e. The SMILES string of the molecule is NC(=NCC(O)c1cc(F)cc(Cl)c1)N1CCN(c2ncccn2)CC1. The zero-order chi connectivity index (χ0) is 18.5. The van der Waals surface area contributed by atoms with E-state index < -0.39 is 11.9 Å². The van der Waals surface area contributed by atoms with Crippen LogP contribution in [-0.2, 0) is 0 Å². The van der Waals surface area contributed by atoms with Crippen molar-refractivity contribution in [2.24, 2.45) is 10.7 Å². The lowest BCUT2D eigenvalue weighted by Gasteiger charge is -2.35. The van der Waals surface area contributed by atoms with Crippen LogP contribution in [0.3, 0.4) is 0 Å². The van der Waals surface area contributed by atoms with Crippen LogP contribution in [0.4, 0.5) is 10.3 Å². The molecule has 26 heavy (non-hydrogen) atoms. The number of aliphatic imine (C=N–C) groups is 1. The van der Waals surface area contributed by atoms with Gasteiger partial charge in [-0.05, 0) is 29.8 Å². The number of aromatic nitrogens is 2. The summed E-state index contributed by atoms with van der Waals surface area (Å²) < 4.78 is 13.4. The summed E-state index contributed by atoms with van der Waals surface area (Å²) in [6.07, 6.45) is 2.45. The van der Waals surface area contributed by atoms with Crippen molar-refractivity contribution in [3.05, 3.63) is 53.1 Å². The van der Waals surface area contributed by atoms with Gasteiger partial charge in [-0.3, -0.25) is 4.99 Å². The molecule has 138 valence electrons. The maximum absolute atomic E-state index is 13.4. The Morgan fingerprint density at radius 3 is 2.58 bits per heavy atom. The zero-order valence-corrected chi connectivity index (χ0v) is 14.8. The van der Waals surface area contributed by atoms with Gasteiger partial charge < -0.3 is 20.6 Å². The smallest absolute Gasteiger partial charge is 0.225 e. The van der Waals surface area contributed by atoms with Crippen molar-refractivity contribution >= 4 is 23.5 Å². The summed E-state index contributed by atoms with van der Waals surface area (Å²) in [7, 11) is 0. The Morgan fingerprint density at radius 1 is 1.23 bits per heavy atom. The molecule has 1 aromatic heterocycles. The highest BCUT2D eigenvalue weighted by atomic mass is 35.5. The Hall–Kier alpha value is -2.45. The van der Waals surface area contributed by atoms with Crippen LogP contribution in [0, 0.1) is 5.82 Å². The molecule has 1 unspecified atom stereocenters. The number of rotatable bonds is 4. The minimum atomic E-state index is -0.972. The fourth-order valence-electron chi connectivity index (χ4n) is 2.74.